The topological polar surface area (TPSA) is 102 Å². The lowest BCUT2D eigenvalue weighted by molar-refractivity contribution is -0.146. The standard InChI is InChI=1S/C19H18ClF3N2O5S/c1-11-3-5-14(7-12(11)2)31(28,29)24-9-18(27)30-10-17(26)25-16-6-4-13(20)8-15(16)19(21,22)23/h3-8,24H,9-10H2,1-2H3,(H,25,26). The summed E-state index contributed by atoms with van der Waals surface area (Å²) in [6.45, 7) is 1.86. The van der Waals surface area contributed by atoms with E-state index in [0.29, 0.717) is 6.07 Å². The zero-order valence-corrected chi connectivity index (χ0v) is 17.9. The first-order valence-electron chi connectivity index (χ1n) is 8.69. The van der Waals surface area contributed by atoms with Gasteiger partial charge in [0, 0.05) is 5.02 Å². The number of hydrogen-bond donors (Lipinski definition) is 2. The molecule has 0 aliphatic heterocycles. The van der Waals surface area contributed by atoms with Crippen LogP contribution in [0.2, 0.25) is 5.02 Å². The van der Waals surface area contributed by atoms with E-state index in [0.717, 1.165) is 23.3 Å². The molecule has 2 rings (SSSR count). The van der Waals surface area contributed by atoms with Crippen LogP contribution in [0.15, 0.2) is 41.3 Å². The molecule has 7 nitrogen and oxygen atoms in total. The van der Waals surface area contributed by atoms with Crippen molar-refractivity contribution < 1.29 is 35.9 Å². The minimum Gasteiger partial charge on any atom is -0.455 e. The number of aryl methyl sites for hydroxylation is 2. The zero-order valence-electron chi connectivity index (χ0n) is 16.3. The first-order valence-corrected chi connectivity index (χ1v) is 10.5. The number of rotatable bonds is 7. The van der Waals surface area contributed by atoms with Crippen LogP contribution in [-0.2, 0) is 30.5 Å². The SMILES string of the molecule is Cc1ccc(S(=O)(=O)NCC(=O)OCC(=O)Nc2ccc(Cl)cc2C(F)(F)F)cc1C. The van der Waals surface area contributed by atoms with Crippen LogP contribution in [0, 0.1) is 13.8 Å². The van der Waals surface area contributed by atoms with Crippen LogP contribution in [0.3, 0.4) is 0 Å². The Labute approximate surface area is 181 Å². The predicted molar refractivity (Wildman–Crippen MR) is 107 cm³/mol. The minimum atomic E-state index is -4.77. The van der Waals surface area contributed by atoms with E-state index in [-0.39, 0.29) is 9.92 Å². The lowest BCUT2D eigenvalue weighted by Gasteiger charge is -2.14. The van der Waals surface area contributed by atoms with E-state index in [1.165, 1.54) is 12.1 Å². The molecular formula is C19H18ClF3N2O5S. The number of hydrogen-bond acceptors (Lipinski definition) is 5. The average Bonchev–Trinajstić information content (AvgIpc) is 2.67. The smallest absolute Gasteiger partial charge is 0.418 e. The monoisotopic (exact) mass is 478 g/mol. The molecular weight excluding hydrogens is 461 g/mol. The second-order valence-corrected chi connectivity index (χ2v) is 8.67. The number of halogens is 4. The number of nitrogens with one attached hydrogen (secondary N) is 2. The van der Waals surface area contributed by atoms with Crippen molar-refractivity contribution in [2.75, 3.05) is 18.5 Å². The quantitative estimate of drug-likeness (QED) is 0.594. The summed E-state index contributed by atoms with van der Waals surface area (Å²) in [5.41, 5.74) is -0.101. The maximum absolute atomic E-state index is 13.0. The van der Waals surface area contributed by atoms with E-state index >= 15 is 0 Å². The number of esters is 1. The Balaban J connectivity index is 1.92. The van der Waals surface area contributed by atoms with Gasteiger partial charge >= 0.3 is 12.1 Å². The summed E-state index contributed by atoms with van der Waals surface area (Å²) < 4.78 is 70.2. The maximum Gasteiger partial charge on any atom is 0.418 e. The van der Waals surface area contributed by atoms with Gasteiger partial charge in [0.05, 0.1) is 16.1 Å². The van der Waals surface area contributed by atoms with Crippen LogP contribution in [-0.4, -0.2) is 33.4 Å². The fourth-order valence-corrected chi connectivity index (χ4v) is 3.59. The lowest BCUT2D eigenvalue weighted by Crippen LogP contribution is -2.32. The Morgan fingerprint density at radius 1 is 1.06 bits per heavy atom. The molecule has 0 bridgehead atoms. The predicted octanol–water partition coefficient (Wildman–Crippen LogP) is 3.44. The van der Waals surface area contributed by atoms with Crippen LogP contribution in [0.5, 0.6) is 0 Å². The molecule has 0 fully saturated rings. The van der Waals surface area contributed by atoms with Crippen LogP contribution in [0.4, 0.5) is 18.9 Å². The number of benzene rings is 2. The molecule has 0 radical (unpaired) electrons. The highest BCUT2D eigenvalue weighted by Crippen LogP contribution is 2.36. The van der Waals surface area contributed by atoms with Crippen LogP contribution >= 0.6 is 11.6 Å². The third-order valence-electron chi connectivity index (χ3n) is 4.12. The number of alkyl halides is 3. The summed E-state index contributed by atoms with van der Waals surface area (Å²) in [5.74, 6) is -2.13. The Morgan fingerprint density at radius 3 is 2.35 bits per heavy atom. The largest absolute Gasteiger partial charge is 0.455 e. The molecule has 0 spiro atoms. The number of ether oxygens (including phenoxy) is 1. The van der Waals surface area contributed by atoms with Gasteiger partial charge in [0.25, 0.3) is 5.91 Å². The fourth-order valence-electron chi connectivity index (χ4n) is 2.36. The highest BCUT2D eigenvalue weighted by molar-refractivity contribution is 7.89. The van der Waals surface area contributed by atoms with Gasteiger partial charge in [-0.3, -0.25) is 9.59 Å². The van der Waals surface area contributed by atoms with Crippen molar-refractivity contribution in [2.24, 2.45) is 0 Å². The van der Waals surface area contributed by atoms with Gasteiger partial charge in [-0.15, -0.1) is 0 Å². The summed E-state index contributed by atoms with van der Waals surface area (Å²) >= 11 is 5.56. The molecule has 0 saturated heterocycles. The minimum absolute atomic E-state index is 0.0523. The molecule has 0 unspecified atom stereocenters. The molecule has 0 heterocycles. The van der Waals surface area contributed by atoms with Gasteiger partial charge in [-0.2, -0.15) is 17.9 Å². The first-order chi connectivity index (χ1) is 14.3. The van der Waals surface area contributed by atoms with Crippen molar-refractivity contribution in [3.05, 3.63) is 58.1 Å². The molecule has 168 valence electrons. The van der Waals surface area contributed by atoms with Gasteiger partial charge < -0.3 is 10.1 Å². The molecule has 31 heavy (non-hydrogen) atoms. The molecule has 2 aromatic carbocycles. The van der Waals surface area contributed by atoms with Gasteiger partial charge in [0.15, 0.2) is 6.61 Å². The summed E-state index contributed by atoms with van der Waals surface area (Å²) in [6, 6.07) is 7.17. The van der Waals surface area contributed by atoms with E-state index < -0.39 is 52.5 Å². The fraction of sp³-hybridized carbons (Fsp3) is 0.263. The molecule has 1 amide bonds. The van der Waals surface area contributed by atoms with E-state index in [2.05, 4.69) is 4.74 Å². The number of carbonyl (C=O) groups excluding carboxylic acids is 2. The molecule has 0 aliphatic rings. The number of sulfonamides is 1. The summed E-state index contributed by atoms with van der Waals surface area (Å²) in [4.78, 5) is 23.5. The molecule has 0 aromatic heterocycles. The van der Waals surface area contributed by atoms with Crippen LogP contribution < -0.4 is 10.0 Å². The number of amides is 1. The van der Waals surface area contributed by atoms with E-state index in [1.54, 1.807) is 13.0 Å². The van der Waals surface area contributed by atoms with Crippen molar-refractivity contribution in [1.82, 2.24) is 4.72 Å². The Hall–Kier alpha value is -2.63. The third-order valence-corrected chi connectivity index (χ3v) is 5.75. The number of anilines is 1. The third kappa shape index (κ3) is 6.94. The summed E-state index contributed by atoms with van der Waals surface area (Å²) in [7, 11) is -4.00. The van der Waals surface area contributed by atoms with Crippen molar-refractivity contribution in [1.29, 1.82) is 0 Å². The van der Waals surface area contributed by atoms with Gasteiger partial charge in [-0.05, 0) is 55.3 Å². The van der Waals surface area contributed by atoms with Crippen LogP contribution in [0.25, 0.3) is 0 Å². The van der Waals surface area contributed by atoms with Crippen molar-refractivity contribution in [2.45, 2.75) is 24.9 Å². The lowest BCUT2D eigenvalue weighted by atomic mass is 10.1. The molecule has 2 N–H and O–H groups in total. The Kier molecular flexibility index (Phi) is 7.68. The number of carbonyl (C=O) groups is 2. The van der Waals surface area contributed by atoms with E-state index in [4.69, 9.17) is 11.6 Å². The van der Waals surface area contributed by atoms with Crippen LogP contribution in [0.1, 0.15) is 16.7 Å². The second kappa shape index (κ2) is 9.67. The maximum atomic E-state index is 13.0. The van der Waals surface area contributed by atoms with Crippen molar-refractivity contribution in [3.63, 3.8) is 0 Å². The zero-order chi connectivity index (χ0) is 23.4. The van der Waals surface area contributed by atoms with Gasteiger partial charge in [-0.1, -0.05) is 17.7 Å². The van der Waals surface area contributed by atoms with Crippen molar-refractivity contribution in [3.8, 4) is 0 Å². The van der Waals surface area contributed by atoms with E-state index in [1.807, 2.05) is 17.0 Å². The van der Waals surface area contributed by atoms with E-state index in [9.17, 15) is 31.2 Å². The van der Waals surface area contributed by atoms with Gasteiger partial charge in [-0.25, -0.2) is 8.42 Å². The Morgan fingerprint density at radius 2 is 1.74 bits per heavy atom. The molecule has 0 aliphatic carbocycles. The Bertz CT molecular complexity index is 1100. The first kappa shape index (κ1) is 24.6. The molecule has 2 aromatic rings. The summed E-state index contributed by atoms with van der Waals surface area (Å²) in [6.07, 6.45) is -4.77. The van der Waals surface area contributed by atoms with Crippen molar-refractivity contribution >= 4 is 39.2 Å². The highest BCUT2D eigenvalue weighted by atomic mass is 35.5. The second-order valence-electron chi connectivity index (χ2n) is 6.47. The summed E-state index contributed by atoms with van der Waals surface area (Å²) in [5, 5.41) is 1.80. The highest BCUT2D eigenvalue weighted by Gasteiger charge is 2.34. The average molecular weight is 479 g/mol. The molecule has 12 heteroatoms. The molecule has 0 atom stereocenters. The van der Waals surface area contributed by atoms with Gasteiger partial charge in [0.1, 0.15) is 6.54 Å². The normalized spacial score (nSPS) is 11.8. The van der Waals surface area contributed by atoms with Gasteiger partial charge in [0.2, 0.25) is 10.0 Å². The molecule has 0 saturated carbocycles.